The second-order valence-electron chi connectivity index (χ2n) is 21.4. The van der Waals surface area contributed by atoms with Crippen molar-refractivity contribution in [1.82, 2.24) is 0 Å². The first-order valence-electron chi connectivity index (χ1n) is 29.3. The Bertz CT molecular complexity index is 1020. The molecule has 0 aromatic carbocycles. The van der Waals surface area contributed by atoms with Crippen molar-refractivity contribution in [3.8, 4) is 0 Å². The van der Waals surface area contributed by atoms with Crippen molar-refractivity contribution >= 4 is 13.8 Å². The second kappa shape index (κ2) is 50.9. The van der Waals surface area contributed by atoms with Crippen molar-refractivity contribution in [1.29, 1.82) is 0 Å². The summed E-state index contributed by atoms with van der Waals surface area (Å²) in [6.45, 7) is 5.50. The van der Waals surface area contributed by atoms with Gasteiger partial charge in [-0.2, -0.15) is 0 Å². The molecule has 0 aliphatic heterocycles. The van der Waals surface area contributed by atoms with E-state index in [1.807, 2.05) is 21.1 Å². The molecule has 0 saturated carbocycles. The summed E-state index contributed by atoms with van der Waals surface area (Å²) < 4.78 is 34.8. The number of nitrogens with zero attached hydrogens (tertiary/aromatic N) is 1. The Morgan fingerprint density at radius 3 is 1.00 bits per heavy atom. The first kappa shape index (κ1) is 65.5. The number of hydrogen-bond acceptors (Lipinski definition) is 7. The van der Waals surface area contributed by atoms with E-state index in [9.17, 15) is 14.3 Å². The maximum absolute atomic E-state index is 12.8. The van der Waals surface area contributed by atoms with Crippen LogP contribution < -0.4 is 4.89 Å². The number of carbonyl (C=O) groups excluding carboxylic acids is 1. The van der Waals surface area contributed by atoms with Gasteiger partial charge in [-0.3, -0.25) is 9.36 Å². The van der Waals surface area contributed by atoms with Crippen LogP contribution in [0.1, 0.15) is 303 Å². The van der Waals surface area contributed by atoms with Crippen LogP contribution in [0, 0.1) is 0 Å². The van der Waals surface area contributed by atoms with E-state index in [0.717, 1.165) is 32.1 Å². The Labute approximate surface area is 412 Å². The molecule has 396 valence electrons. The maximum atomic E-state index is 12.8. The SMILES string of the molecule is CCCCCCCCCCCCCCCCCCCCCCCCCCCCCCCCC(=O)O[C@H](COCCCCCCCCCCCCCCCC)COP(=O)([O-])OCC[N+](C)(C)C. The molecule has 0 amide bonds. The third-order valence-electron chi connectivity index (χ3n) is 13.4. The molecule has 0 aliphatic rings. The van der Waals surface area contributed by atoms with Crippen LogP contribution in [0.2, 0.25) is 0 Å². The van der Waals surface area contributed by atoms with Crippen LogP contribution in [0.3, 0.4) is 0 Å². The van der Waals surface area contributed by atoms with Gasteiger partial charge in [0.05, 0.1) is 34.4 Å². The molecule has 8 nitrogen and oxygen atoms in total. The molecule has 0 spiro atoms. The summed E-state index contributed by atoms with van der Waals surface area (Å²) in [5, 5.41) is 0. The zero-order valence-corrected chi connectivity index (χ0v) is 46.1. The van der Waals surface area contributed by atoms with E-state index in [1.54, 1.807) is 0 Å². The van der Waals surface area contributed by atoms with Gasteiger partial charge in [-0.25, -0.2) is 0 Å². The summed E-state index contributed by atoms with van der Waals surface area (Å²) in [5.41, 5.74) is 0. The molecule has 0 bridgehead atoms. The van der Waals surface area contributed by atoms with E-state index >= 15 is 0 Å². The van der Waals surface area contributed by atoms with Crippen LogP contribution in [0.15, 0.2) is 0 Å². The lowest BCUT2D eigenvalue weighted by atomic mass is 10.0. The quantitative estimate of drug-likeness (QED) is 0.0259. The van der Waals surface area contributed by atoms with Crippen molar-refractivity contribution in [3.63, 3.8) is 0 Å². The minimum atomic E-state index is -4.52. The Morgan fingerprint density at radius 2 is 0.697 bits per heavy atom. The Hall–Kier alpha value is -0.500. The van der Waals surface area contributed by atoms with E-state index in [-0.39, 0.29) is 25.8 Å². The van der Waals surface area contributed by atoms with Crippen molar-refractivity contribution in [3.05, 3.63) is 0 Å². The second-order valence-corrected chi connectivity index (χ2v) is 22.8. The fraction of sp³-hybridized carbons (Fsp3) is 0.982. The van der Waals surface area contributed by atoms with E-state index in [0.29, 0.717) is 24.1 Å². The van der Waals surface area contributed by atoms with Crippen LogP contribution in [-0.2, 0) is 27.9 Å². The zero-order valence-electron chi connectivity index (χ0n) is 45.2. The lowest BCUT2D eigenvalue weighted by Crippen LogP contribution is -2.37. The number of carbonyl (C=O) groups is 1. The molecule has 66 heavy (non-hydrogen) atoms. The van der Waals surface area contributed by atoms with E-state index in [1.165, 1.54) is 250 Å². The van der Waals surface area contributed by atoms with E-state index in [2.05, 4.69) is 13.8 Å². The summed E-state index contributed by atoms with van der Waals surface area (Å²) >= 11 is 0. The third-order valence-corrected chi connectivity index (χ3v) is 14.4. The van der Waals surface area contributed by atoms with Gasteiger partial charge < -0.3 is 27.9 Å². The molecule has 9 heteroatoms. The van der Waals surface area contributed by atoms with Crippen LogP contribution in [0.25, 0.3) is 0 Å². The average Bonchev–Trinajstić information content (AvgIpc) is 3.28. The minimum absolute atomic E-state index is 0.0318. The number of ether oxygens (including phenoxy) is 2. The molecule has 0 aromatic rings. The summed E-state index contributed by atoms with van der Waals surface area (Å²) in [6.07, 6.45) is 58.7. The average molecular weight is 959 g/mol. The summed E-state index contributed by atoms with van der Waals surface area (Å²) in [6, 6.07) is 0. The lowest BCUT2D eigenvalue weighted by Gasteiger charge is -2.28. The highest BCUT2D eigenvalue weighted by atomic mass is 31.2. The van der Waals surface area contributed by atoms with Crippen molar-refractivity contribution in [2.45, 2.75) is 309 Å². The molecule has 0 aromatic heterocycles. The Kier molecular flexibility index (Phi) is 50.5. The van der Waals surface area contributed by atoms with E-state index < -0.39 is 13.9 Å². The number of esters is 1. The largest absolute Gasteiger partial charge is 0.756 e. The molecule has 0 rings (SSSR count). The molecule has 2 atom stereocenters. The molecule has 0 aliphatic carbocycles. The van der Waals surface area contributed by atoms with Crippen molar-refractivity contribution in [2.24, 2.45) is 0 Å². The van der Waals surface area contributed by atoms with Gasteiger partial charge in [-0.05, 0) is 12.8 Å². The van der Waals surface area contributed by atoms with E-state index in [4.69, 9.17) is 18.5 Å². The lowest BCUT2D eigenvalue weighted by molar-refractivity contribution is -0.870. The molecule has 0 fully saturated rings. The highest BCUT2D eigenvalue weighted by molar-refractivity contribution is 7.45. The van der Waals surface area contributed by atoms with Crippen molar-refractivity contribution < 1.29 is 37.3 Å². The van der Waals surface area contributed by atoms with Gasteiger partial charge in [0.1, 0.15) is 19.3 Å². The Balaban J connectivity index is 3.89. The van der Waals surface area contributed by atoms with Gasteiger partial charge in [0, 0.05) is 13.0 Å². The molecular weight excluding hydrogens is 842 g/mol. The van der Waals surface area contributed by atoms with Crippen LogP contribution in [-0.4, -0.2) is 70.7 Å². The predicted molar refractivity (Wildman–Crippen MR) is 282 cm³/mol. The van der Waals surface area contributed by atoms with Crippen LogP contribution in [0.5, 0.6) is 0 Å². The first-order valence-corrected chi connectivity index (χ1v) is 30.7. The predicted octanol–water partition coefficient (Wildman–Crippen LogP) is 17.7. The molecule has 1 unspecified atom stereocenters. The standard InChI is InChI=1S/C57H116NO7P/c1-6-8-10-12-14-16-18-20-22-23-24-25-26-27-28-29-30-31-32-33-34-35-36-37-38-40-42-44-46-48-50-57(59)65-56(55-64-66(60,61)63-53-51-58(3,4)5)54-62-52-49-47-45-43-41-39-21-19-17-15-13-11-9-7-2/h56H,6-55H2,1-5H3/t56-/m1/s1. The first-order chi connectivity index (χ1) is 32.1. The highest BCUT2D eigenvalue weighted by Crippen LogP contribution is 2.38. The number of quaternary nitrogens is 1. The van der Waals surface area contributed by atoms with Crippen molar-refractivity contribution in [2.75, 3.05) is 54.1 Å². The fourth-order valence-electron chi connectivity index (χ4n) is 8.90. The number of unbranched alkanes of at least 4 members (excludes halogenated alkanes) is 42. The number of phosphoric acid groups is 1. The van der Waals surface area contributed by atoms with Gasteiger partial charge in [0.25, 0.3) is 7.82 Å². The maximum Gasteiger partial charge on any atom is 0.306 e. The fourth-order valence-corrected chi connectivity index (χ4v) is 9.63. The summed E-state index contributed by atoms with van der Waals surface area (Å²) in [4.78, 5) is 25.2. The Morgan fingerprint density at radius 1 is 0.409 bits per heavy atom. The summed E-state index contributed by atoms with van der Waals surface area (Å²) in [7, 11) is 1.38. The monoisotopic (exact) mass is 958 g/mol. The van der Waals surface area contributed by atoms with Gasteiger partial charge in [0.2, 0.25) is 0 Å². The molecule has 0 saturated heterocycles. The minimum Gasteiger partial charge on any atom is -0.756 e. The number of hydrogen-bond donors (Lipinski definition) is 0. The molecular formula is C57H116NO7P. The normalized spacial score (nSPS) is 13.4. The van der Waals surface area contributed by atoms with Crippen LogP contribution in [0.4, 0.5) is 0 Å². The van der Waals surface area contributed by atoms with Gasteiger partial charge in [-0.15, -0.1) is 0 Å². The molecule has 0 N–H and O–H groups in total. The molecule has 0 radical (unpaired) electrons. The molecule has 0 heterocycles. The zero-order chi connectivity index (χ0) is 48.3. The highest BCUT2D eigenvalue weighted by Gasteiger charge is 2.20. The smallest absolute Gasteiger partial charge is 0.306 e. The topological polar surface area (TPSA) is 94.1 Å². The van der Waals surface area contributed by atoms with Gasteiger partial charge in [0.15, 0.2) is 0 Å². The number of phosphoric ester groups is 1. The summed E-state index contributed by atoms with van der Waals surface area (Å²) in [5.74, 6) is -0.324. The van der Waals surface area contributed by atoms with Gasteiger partial charge in [-0.1, -0.05) is 284 Å². The third kappa shape index (κ3) is 54.4. The van der Waals surface area contributed by atoms with Gasteiger partial charge >= 0.3 is 5.97 Å². The number of rotatable bonds is 56. The number of likely N-dealkylation sites (N-methyl/N-ethyl adjacent to an activating group) is 1. The van der Waals surface area contributed by atoms with Crippen LogP contribution >= 0.6 is 7.82 Å².